The van der Waals surface area contributed by atoms with Crippen molar-refractivity contribution in [3.63, 3.8) is 0 Å². The maximum atomic E-state index is 9.32. The average molecular weight is 350 g/mol. The maximum absolute atomic E-state index is 9.32. The summed E-state index contributed by atoms with van der Waals surface area (Å²) in [7, 11) is -16.5. The molecule has 0 fully saturated rings. The number of hydrogen-bond donors (Lipinski definition) is 0. The van der Waals surface area contributed by atoms with Crippen LogP contribution in [0.3, 0.4) is 0 Å². The van der Waals surface area contributed by atoms with Crippen molar-refractivity contribution in [1.82, 2.24) is 0 Å². The van der Waals surface area contributed by atoms with Gasteiger partial charge in [0.2, 0.25) is 0 Å². The zero-order chi connectivity index (χ0) is 15.8. The fourth-order valence-corrected chi connectivity index (χ4v) is 1.10. The summed E-state index contributed by atoms with van der Waals surface area (Å²) in [6, 6.07) is 0. The Labute approximate surface area is 102 Å². The summed E-state index contributed by atoms with van der Waals surface area (Å²) in [4.78, 5) is 37.3. The molecule has 0 aliphatic rings. The largest absolute Gasteiger partial charge is 0.790 e. The van der Waals surface area contributed by atoms with Gasteiger partial charge in [-0.05, 0) is 0 Å². The van der Waals surface area contributed by atoms with Gasteiger partial charge in [0.15, 0.2) is 0 Å². The molecule has 0 saturated carbocycles. The summed E-state index contributed by atoms with van der Waals surface area (Å²) < 4.78 is 80.6. The molecule has 18 heavy (non-hydrogen) atoms. The molecule has 0 unspecified atom stereocenters. The molecule has 0 amide bonds. The Balaban J connectivity index is -0.000000212. The predicted octanol–water partition coefficient (Wildman–Crippen LogP) is -5.68. The molecular formula is O14P2S2-8. The standard InChI is InChI=1S/H4O7P2.H2O4S.H2O3S/c1-8(2,3)7-9(4,5)6;1-5(2,3)4;1-4(2)3/h(H2,1,2,3)(H2,4,5,6);(H2,1,2,3,4);(H2,1,2,3)/p-8. The molecule has 18 heteroatoms. The Hall–Kier alpha value is 0.200. The minimum Gasteiger partial charge on any atom is -0.790 e. The molecule has 0 bridgehead atoms. The number of phosphoric acid groups is 2. The van der Waals surface area contributed by atoms with Gasteiger partial charge in [-0.3, -0.25) is 12.6 Å². The third-order valence-electron chi connectivity index (χ3n) is 0.200. The molecule has 0 rings (SSSR count). The smallest absolute Gasteiger partial charge is 0.0655 e. The molecule has 0 heterocycles. The lowest BCUT2D eigenvalue weighted by Gasteiger charge is -2.39. The van der Waals surface area contributed by atoms with Gasteiger partial charge in [-0.1, -0.05) is 0 Å². The highest BCUT2D eigenvalue weighted by Gasteiger charge is 1.92. The van der Waals surface area contributed by atoms with Gasteiger partial charge < -0.3 is 51.2 Å². The predicted molar refractivity (Wildman–Crippen MR) is 36.5 cm³/mol. The van der Waals surface area contributed by atoms with Crippen LogP contribution in [0.1, 0.15) is 0 Å². The molecule has 114 valence electrons. The van der Waals surface area contributed by atoms with E-state index in [-0.39, 0.29) is 0 Å². The minimum atomic E-state index is -5.68. The van der Waals surface area contributed by atoms with E-state index in [0.29, 0.717) is 0 Å². The lowest BCUT2D eigenvalue weighted by molar-refractivity contribution is -0.364. The first-order valence-corrected chi connectivity index (χ1v) is 7.88. The third-order valence-corrected chi connectivity index (χ3v) is 1.80. The first kappa shape index (κ1) is 23.3. The Kier molecular flexibility index (Phi) is 11.9. The van der Waals surface area contributed by atoms with E-state index >= 15 is 0 Å². The summed E-state index contributed by atoms with van der Waals surface area (Å²) in [5.74, 6) is 0. The highest BCUT2D eigenvalue weighted by molar-refractivity contribution is 7.79. The monoisotopic (exact) mass is 350 g/mol. The Morgan fingerprint density at radius 1 is 0.889 bits per heavy atom. The van der Waals surface area contributed by atoms with Gasteiger partial charge >= 0.3 is 0 Å². The minimum absolute atomic E-state index is 2.51. The summed E-state index contributed by atoms with van der Waals surface area (Å²) in [6.07, 6.45) is 0. The summed E-state index contributed by atoms with van der Waals surface area (Å²) in [5.41, 5.74) is 0. The fourth-order valence-electron chi connectivity index (χ4n) is 0.122. The molecule has 0 spiro atoms. The molecule has 0 N–H and O–H groups in total. The van der Waals surface area contributed by atoms with Gasteiger partial charge in [0.05, 0.1) is 15.6 Å². The topological polar surface area (TPSA) is 279 Å². The van der Waals surface area contributed by atoms with E-state index < -0.39 is 37.4 Å². The van der Waals surface area contributed by atoms with Crippen LogP contribution in [-0.4, -0.2) is 30.8 Å². The van der Waals surface area contributed by atoms with Gasteiger partial charge in [0.1, 0.15) is 0 Å². The van der Waals surface area contributed by atoms with Crippen LogP contribution in [-0.2, 0) is 35.2 Å². The second kappa shape index (κ2) is 9.16. The molecular weight excluding hydrogens is 350 g/mol. The van der Waals surface area contributed by atoms with Gasteiger partial charge in [-0.15, -0.1) is 11.4 Å². The van der Waals surface area contributed by atoms with Gasteiger partial charge in [0.25, 0.3) is 0 Å². The fraction of sp³-hybridized carbons (Fsp3) is 0. The second-order valence-corrected chi connectivity index (χ2v) is 5.26. The third kappa shape index (κ3) is 97.4. The number of hydrogen-bond acceptors (Lipinski definition) is 14. The van der Waals surface area contributed by atoms with Crippen molar-refractivity contribution in [3.8, 4) is 0 Å². The molecule has 0 aliphatic heterocycles. The van der Waals surface area contributed by atoms with Crippen molar-refractivity contribution < 1.29 is 63.9 Å². The van der Waals surface area contributed by atoms with E-state index in [9.17, 15) is 28.7 Å². The molecule has 0 aliphatic carbocycles. The highest BCUT2D eigenvalue weighted by atomic mass is 32.3. The lowest BCUT2D eigenvalue weighted by Crippen LogP contribution is -2.23. The van der Waals surface area contributed by atoms with Crippen molar-refractivity contribution >= 4 is 37.4 Å². The molecule has 0 aromatic carbocycles. The molecule has 0 radical (unpaired) electrons. The van der Waals surface area contributed by atoms with Crippen molar-refractivity contribution in [1.29, 1.82) is 0 Å². The maximum Gasteiger partial charge on any atom is 0.0655 e. The summed E-state index contributed by atoms with van der Waals surface area (Å²) in [5, 5.41) is 0. The van der Waals surface area contributed by atoms with Crippen LogP contribution in [0.15, 0.2) is 0 Å². The van der Waals surface area contributed by atoms with E-state index in [1.165, 1.54) is 0 Å². The summed E-state index contributed by atoms with van der Waals surface area (Å²) >= 11 is -3.11. The Morgan fingerprint density at radius 3 is 1.00 bits per heavy atom. The van der Waals surface area contributed by atoms with Crippen molar-refractivity contribution in [2.75, 3.05) is 0 Å². The molecule has 0 saturated heterocycles. The van der Waals surface area contributed by atoms with Crippen LogP contribution >= 0.6 is 15.6 Å². The van der Waals surface area contributed by atoms with Crippen molar-refractivity contribution in [2.45, 2.75) is 0 Å². The highest BCUT2D eigenvalue weighted by Crippen LogP contribution is 2.42. The quantitative estimate of drug-likeness (QED) is 0.194. The molecule has 14 nitrogen and oxygen atoms in total. The van der Waals surface area contributed by atoms with Crippen LogP contribution < -0.4 is 19.6 Å². The van der Waals surface area contributed by atoms with Crippen LogP contribution in [0.4, 0.5) is 0 Å². The van der Waals surface area contributed by atoms with E-state index in [1.54, 1.807) is 0 Å². The number of rotatable bonds is 2. The van der Waals surface area contributed by atoms with Crippen LogP contribution in [0.2, 0.25) is 0 Å². The zero-order valence-electron chi connectivity index (χ0n) is 7.43. The van der Waals surface area contributed by atoms with Gasteiger partial charge in [0, 0.05) is 10.4 Å². The van der Waals surface area contributed by atoms with Crippen LogP contribution in [0.5, 0.6) is 0 Å². The summed E-state index contributed by atoms with van der Waals surface area (Å²) in [6.45, 7) is 0. The SMILES string of the molecule is O=P([O-])([O-])OP(=O)([O-])[O-].O=S(=O)([O-])[O-].O=S([O-])[O-]. The van der Waals surface area contributed by atoms with E-state index in [4.69, 9.17) is 30.8 Å². The first-order valence-electron chi connectivity index (χ1n) is 2.63. The lowest BCUT2D eigenvalue weighted by atomic mass is 15.7. The van der Waals surface area contributed by atoms with Gasteiger partial charge in [-0.2, -0.15) is 0 Å². The van der Waals surface area contributed by atoms with Crippen LogP contribution in [0.25, 0.3) is 0 Å². The van der Waals surface area contributed by atoms with E-state index in [0.717, 1.165) is 0 Å². The van der Waals surface area contributed by atoms with Crippen molar-refractivity contribution in [2.24, 2.45) is 0 Å². The second-order valence-electron chi connectivity index (χ2n) is 1.59. The molecule has 0 aromatic heterocycles. The zero-order valence-corrected chi connectivity index (χ0v) is 10.8. The van der Waals surface area contributed by atoms with E-state index in [2.05, 4.69) is 4.31 Å². The molecule has 0 atom stereocenters. The van der Waals surface area contributed by atoms with Crippen molar-refractivity contribution in [3.05, 3.63) is 0 Å². The van der Waals surface area contributed by atoms with Gasteiger partial charge in [-0.25, -0.2) is 0 Å². The Bertz CT molecular complexity index is 385. The van der Waals surface area contributed by atoms with Crippen LogP contribution in [0, 0.1) is 0 Å². The first-order chi connectivity index (χ1) is 7.44. The Morgan fingerprint density at radius 2 is 1.00 bits per heavy atom. The molecule has 0 aromatic rings. The van der Waals surface area contributed by atoms with E-state index in [1.807, 2.05) is 0 Å². The average Bonchev–Trinajstić information content (AvgIpc) is 1.67. The normalized spacial score (nSPS) is 12.1.